The van der Waals surface area contributed by atoms with Crippen molar-refractivity contribution >= 4 is 17.4 Å². The predicted molar refractivity (Wildman–Crippen MR) is 137 cm³/mol. The molecule has 3 nitrogen and oxygen atoms in total. The fourth-order valence-electron chi connectivity index (χ4n) is 4.65. The molecule has 0 fully saturated rings. The number of hydrogen-bond donors (Lipinski definition) is 0. The van der Waals surface area contributed by atoms with Crippen LogP contribution in [0.3, 0.4) is 0 Å². The second kappa shape index (κ2) is 10.6. The molecule has 0 unspecified atom stereocenters. The van der Waals surface area contributed by atoms with Gasteiger partial charge in [0.2, 0.25) is 0 Å². The topological polar surface area (TPSA) is 38.7 Å². The summed E-state index contributed by atoms with van der Waals surface area (Å²) in [6, 6.07) is 20.4. The van der Waals surface area contributed by atoms with Gasteiger partial charge < -0.3 is 4.74 Å². The molecule has 0 aromatic heterocycles. The number of aliphatic imine (C=N–C) groups is 1. The van der Waals surface area contributed by atoms with Gasteiger partial charge in [-0.3, -0.25) is 0 Å². The average Bonchev–Trinajstić information content (AvgIpc) is 3.11. The van der Waals surface area contributed by atoms with Gasteiger partial charge in [-0.2, -0.15) is 0 Å². The summed E-state index contributed by atoms with van der Waals surface area (Å²) in [5.41, 5.74) is 8.87. The molecular formula is C30H33NO2. The number of hydrogen-bond acceptors (Lipinski definition) is 3. The van der Waals surface area contributed by atoms with Gasteiger partial charge in [-0.1, -0.05) is 81.5 Å². The standard InChI is InChI=1S/C30H33NO2/c1-4-5-6-7-8-11-17-33-30(32)27-16-12-15-26-28(27)24-13-9-10-14-25(24)29(26)31-23-19-21(2)18-22(3)20-23/h9-10,12-16,18-20H,4-8,11,17H2,1-3H3/b31-29+. The molecule has 0 bridgehead atoms. The molecule has 4 rings (SSSR count). The normalized spacial score (nSPS) is 13.1. The number of ether oxygens (including phenoxy) is 1. The van der Waals surface area contributed by atoms with Crippen LogP contribution in [0, 0.1) is 13.8 Å². The molecule has 170 valence electrons. The summed E-state index contributed by atoms with van der Waals surface area (Å²) in [7, 11) is 0. The van der Waals surface area contributed by atoms with Crippen LogP contribution in [0.25, 0.3) is 11.1 Å². The molecule has 0 saturated heterocycles. The van der Waals surface area contributed by atoms with Gasteiger partial charge in [-0.05, 0) is 55.2 Å². The van der Waals surface area contributed by atoms with Gasteiger partial charge in [0.15, 0.2) is 0 Å². The fourth-order valence-corrected chi connectivity index (χ4v) is 4.65. The molecule has 0 atom stereocenters. The maximum Gasteiger partial charge on any atom is 0.338 e. The Hall–Kier alpha value is -3.20. The third-order valence-corrected chi connectivity index (χ3v) is 6.17. The van der Waals surface area contributed by atoms with Crippen molar-refractivity contribution in [3.05, 3.63) is 88.5 Å². The number of fused-ring (bicyclic) bond motifs is 3. The second-order valence-electron chi connectivity index (χ2n) is 8.98. The highest BCUT2D eigenvalue weighted by Crippen LogP contribution is 2.40. The van der Waals surface area contributed by atoms with E-state index >= 15 is 0 Å². The largest absolute Gasteiger partial charge is 0.462 e. The lowest BCUT2D eigenvalue weighted by molar-refractivity contribution is 0.0498. The van der Waals surface area contributed by atoms with Crippen molar-refractivity contribution in [2.45, 2.75) is 59.3 Å². The number of nitrogens with zero attached hydrogens (tertiary/aromatic N) is 1. The third kappa shape index (κ3) is 5.24. The number of esters is 1. The summed E-state index contributed by atoms with van der Waals surface area (Å²) >= 11 is 0. The van der Waals surface area contributed by atoms with Crippen molar-refractivity contribution in [2.75, 3.05) is 6.61 Å². The summed E-state index contributed by atoms with van der Waals surface area (Å²) in [5.74, 6) is -0.247. The zero-order valence-corrected chi connectivity index (χ0v) is 20.0. The minimum absolute atomic E-state index is 0.247. The molecule has 1 aliphatic rings. The molecule has 3 aromatic carbocycles. The minimum atomic E-state index is -0.247. The predicted octanol–water partition coefficient (Wildman–Crippen LogP) is 7.97. The molecule has 0 N–H and O–H groups in total. The Bertz CT molecular complexity index is 1160. The molecule has 0 spiro atoms. The Kier molecular flexibility index (Phi) is 7.39. The van der Waals surface area contributed by atoms with Crippen LogP contribution in [0.2, 0.25) is 0 Å². The first-order valence-corrected chi connectivity index (χ1v) is 12.2. The van der Waals surface area contributed by atoms with E-state index in [0.717, 1.165) is 46.5 Å². The highest BCUT2D eigenvalue weighted by molar-refractivity contribution is 6.27. The molecule has 33 heavy (non-hydrogen) atoms. The minimum Gasteiger partial charge on any atom is -0.462 e. The van der Waals surface area contributed by atoms with Crippen LogP contribution in [0.1, 0.15) is 78.1 Å². The van der Waals surface area contributed by atoms with Crippen LogP contribution in [-0.4, -0.2) is 18.3 Å². The molecule has 0 radical (unpaired) electrons. The number of rotatable bonds is 9. The Labute approximate surface area is 197 Å². The van der Waals surface area contributed by atoms with Gasteiger partial charge in [0.25, 0.3) is 0 Å². The summed E-state index contributed by atoms with van der Waals surface area (Å²) in [6.45, 7) is 6.87. The van der Waals surface area contributed by atoms with E-state index in [1.54, 1.807) is 0 Å². The Balaban J connectivity index is 1.61. The zero-order chi connectivity index (χ0) is 23.2. The Morgan fingerprint density at radius 3 is 2.21 bits per heavy atom. The second-order valence-corrected chi connectivity index (χ2v) is 8.98. The third-order valence-electron chi connectivity index (χ3n) is 6.17. The maximum atomic E-state index is 13.0. The zero-order valence-electron chi connectivity index (χ0n) is 20.0. The van der Waals surface area contributed by atoms with E-state index in [2.05, 4.69) is 57.2 Å². The van der Waals surface area contributed by atoms with Crippen molar-refractivity contribution in [3.8, 4) is 11.1 Å². The van der Waals surface area contributed by atoms with Crippen LogP contribution < -0.4 is 0 Å². The quantitative estimate of drug-likeness (QED) is 0.196. The first kappa shape index (κ1) is 23.0. The lowest BCUT2D eigenvalue weighted by Crippen LogP contribution is -2.08. The van der Waals surface area contributed by atoms with Gasteiger partial charge in [0.1, 0.15) is 0 Å². The van der Waals surface area contributed by atoms with Gasteiger partial charge in [-0.15, -0.1) is 0 Å². The van der Waals surface area contributed by atoms with Gasteiger partial charge in [0.05, 0.1) is 23.6 Å². The van der Waals surface area contributed by atoms with E-state index in [1.807, 2.05) is 24.3 Å². The van der Waals surface area contributed by atoms with E-state index in [9.17, 15) is 4.79 Å². The van der Waals surface area contributed by atoms with Crippen LogP contribution in [0.4, 0.5) is 5.69 Å². The molecule has 0 heterocycles. The van der Waals surface area contributed by atoms with Gasteiger partial charge >= 0.3 is 5.97 Å². The van der Waals surface area contributed by atoms with Crippen molar-refractivity contribution < 1.29 is 9.53 Å². The average molecular weight is 440 g/mol. The highest BCUT2D eigenvalue weighted by Gasteiger charge is 2.29. The van der Waals surface area contributed by atoms with Crippen LogP contribution in [0.5, 0.6) is 0 Å². The van der Waals surface area contributed by atoms with Crippen LogP contribution in [-0.2, 0) is 4.74 Å². The summed E-state index contributed by atoms with van der Waals surface area (Å²) < 4.78 is 5.68. The van der Waals surface area contributed by atoms with Gasteiger partial charge in [0, 0.05) is 16.7 Å². The summed E-state index contributed by atoms with van der Waals surface area (Å²) in [5, 5.41) is 0. The molecular weight excluding hydrogens is 406 g/mol. The van der Waals surface area contributed by atoms with Crippen molar-refractivity contribution in [1.82, 2.24) is 0 Å². The van der Waals surface area contributed by atoms with E-state index in [4.69, 9.17) is 9.73 Å². The molecule has 3 heteroatoms. The highest BCUT2D eigenvalue weighted by atomic mass is 16.5. The molecule has 0 aliphatic heterocycles. The molecule has 1 aliphatic carbocycles. The Morgan fingerprint density at radius 2 is 1.45 bits per heavy atom. The van der Waals surface area contributed by atoms with Crippen LogP contribution in [0.15, 0.2) is 65.7 Å². The number of benzene rings is 3. The van der Waals surface area contributed by atoms with Crippen molar-refractivity contribution in [2.24, 2.45) is 4.99 Å². The molecule has 0 saturated carbocycles. The van der Waals surface area contributed by atoms with Crippen molar-refractivity contribution in [3.63, 3.8) is 0 Å². The first-order valence-electron chi connectivity index (χ1n) is 12.2. The van der Waals surface area contributed by atoms with Crippen LogP contribution >= 0.6 is 0 Å². The summed E-state index contributed by atoms with van der Waals surface area (Å²) in [4.78, 5) is 18.1. The number of carbonyl (C=O) groups is 1. The maximum absolute atomic E-state index is 13.0. The first-order chi connectivity index (χ1) is 16.1. The van der Waals surface area contributed by atoms with E-state index in [-0.39, 0.29) is 5.97 Å². The number of unbranched alkanes of at least 4 members (excludes halogenated alkanes) is 5. The van der Waals surface area contributed by atoms with Crippen molar-refractivity contribution in [1.29, 1.82) is 0 Å². The van der Waals surface area contributed by atoms with Gasteiger partial charge in [-0.25, -0.2) is 9.79 Å². The van der Waals surface area contributed by atoms with E-state index in [0.29, 0.717) is 12.2 Å². The fraction of sp³-hybridized carbons (Fsp3) is 0.333. The Morgan fingerprint density at radius 1 is 0.788 bits per heavy atom. The monoisotopic (exact) mass is 439 g/mol. The lowest BCUT2D eigenvalue weighted by atomic mass is 9.99. The number of aryl methyl sites for hydroxylation is 2. The lowest BCUT2D eigenvalue weighted by Gasteiger charge is -2.10. The number of carbonyl (C=O) groups excluding carboxylic acids is 1. The SMILES string of the molecule is CCCCCCCCOC(=O)c1cccc2c1-c1ccccc1/C2=N\c1cc(C)cc(C)c1. The van der Waals surface area contributed by atoms with E-state index in [1.165, 1.54) is 36.8 Å². The van der Waals surface area contributed by atoms with E-state index < -0.39 is 0 Å². The summed E-state index contributed by atoms with van der Waals surface area (Å²) in [6.07, 6.45) is 7.01. The molecule has 0 amide bonds. The smallest absolute Gasteiger partial charge is 0.338 e. The molecule has 3 aromatic rings.